The number of carboxylic acids is 1. The number of ether oxygens (including phenoxy) is 2. The second-order valence-electron chi connectivity index (χ2n) is 5.58. The second-order valence-corrected chi connectivity index (χ2v) is 5.58. The van der Waals surface area contributed by atoms with E-state index < -0.39 is 5.97 Å². The van der Waals surface area contributed by atoms with Gasteiger partial charge in [0, 0.05) is 19.3 Å². The maximum absolute atomic E-state index is 11.8. The standard InChI is InChI=1S/C14H23NO5/c16-13(9-20-12-5-7-19-8-6-12)15-11-3-1-10(2-4-11)14(17)18/h10-12H,1-9H2,(H,15,16)(H,17,18). The first-order valence-corrected chi connectivity index (χ1v) is 7.36. The molecule has 0 bridgehead atoms. The Hall–Kier alpha value is -1.14. The molecule has 2 N–H and O–H groups in total. The third-order valence-electron chi connectivity index (χ3n) is 4.06. The summed E-state index contributed by atoms with van der Waals surface area (Å²) in [5.74, 6) is -1.07. The van der Waals surface area contributed by atoms with Crippen LogP contribution < -0.4 is 5.32 Å². The van der Waals surface area contributed by atoms with E-state index in [9.17, 15) is 9.59 Å². The molecule has 0 unspecified atom stereocenters. The minimum atomic E-state index is -0.724. The fourth-order valence-electron chi connectivity index (χ4n) is 2.79. The molecule has 2 aliphatic rings. The average Bonchev–Trinajstić information content (AvgIpc) is 2.47. The molecule has 1 aliphatic heterocycles. The fraction of sp³-hybridized carbons (Fsp3) is 0.857. The molecule has 20 heavy (non-hydrogen) atoms. The third-order valence-corrected chi connectivity index (χ3v) is 4.06. The highest BCUT2D eigenvalue weighted by molar-refractivity contribution is 5.77. The van der Waals surface area contributed by atoms with Crippen molar-refractivity contribution in [1.29, 1.82) is 0 Å². The summed E-state index contributed by atoms with van der Waals surface area (Å²) < 4.78 is 10.8. The van der Waals surface area contributed by atoms with Crippen molar-refractivity contribution in [3.05, 3.63) is 0 Å². The van der Waals surface area contributed by atoms with Crippen molar-refractivity contribution in [2.45, 2.75) is 50.7 Å². The van der Waals surface area contributed by atoms with Gasteiger partial charge in [-0.2, -0.15) is 0 Å². The van der Waals surface area contributed by atoms with Crippen LogP contribution in [0.1, 0.15) is 38.5 Å². The molecule has 114 valence electrons. The summed E-state index contributed by atoms with van der Waals surface area (Å²) in [6.45, 7) is 1.49. The van der Waals surface area contributed by atoms with Gasteiger partial charge in [-0.3, -0.25) is 9.59 Å². The summed E-state index contributed by atoms with van der Waals surface area (Å²) >= 11 is 0. The minimum Gasteiger partial charge on any atom is -0.481 e. The van der Waals surface area contributed by atoms with Crippen molar-refractivity contribution in [3.8, 4) is 0 Å². The van der Waals surface area contributed by atoms with Crippen LogP contribution in [0.25, 0.3) is 0 Å². The fourth-order valence-corrected chi connectivity index (χ4v) is 2.79. The van der Waals surface area contributed by atoms with E-state index in [1.54, 1.807) is 0 Å². The molecule has 0 aromatic carbocycles. The SMILES string of the molecule is O=C(COC1CCOCC1)NC1CCC(C(=O)O)CC1. The normalized spacial score (nSPS) is 28.0. The zero-order valence-corrected chi connectivity index (χ0v) is 11.7. The highest BCUT2D eigenvalue weighted by Gasteiger charge is 2.26. The molecule has 2 rings (SSSR count). The molecular weight excluding hydrogens is 262 g/mol. The van der Waals surface area contributed by atoms with Gasteiger partial charge < -0.3 is 19.9 Å². The number of hydrogen-bond donors (Lipinski definition) is 2. The van der Waals surface area contributed by atoms with Crippen molar-refractivity contribution in [2.75, 3.05) is 19.8 Å². The topological polar surface area (TPSA) is 84.9 Å². The number of hydrogen-bond acceptors (Lipinski definition) is 4. The Labute approximate surface area is 118 Å². The summed E-state index contributed by atoms with van der Waals surface area (Å²) in [4.78, 5) is 22.6. The molecule has 0 aromatic rings. The van der Waals surface area contributed by atoms with E-state index in [1.165, 1.54) is 0 Å². The van der Waals surface area contributed by atoms with Gasteiger partial charge in [-0.25, -0.2) is 0 Å². The van der Waals surface area contributed by atoms with E-state index >= 15 is 0 Å². The van der Waals surface area contributed by atoms with E-state index in [4.69, 9.17) is 14.6 Å². The van der Waals surface area contributed by atoms with Crippen LogP contribution in [0.2, 0.25) is 0 Å². The van der Waals surface area contributed by atoms with Gasteiger partial charge in [-0.15, -0.1) is 0 Å². The lowest BCUT2D eigenvalue weighted by Crippen LogP contribution is -2.41. The van der Waals surface area contributed by atoms with Gasteiger partial charge in [0.2, 0.25) is 5.91 Å². The summed E-state index contributed by atoms with van der Waals surface area (Å²) in [7, 11) is 0. The number of nitrogens with one attached hydrogen (secondary N) is 1. The van der Waals surface area contributed by atoms with Gasteiger partial charge in [0.1, 0.15) is 6.61 Å². The Balaban J connectivity index is 1.61. The highest BCUT2D eigenvalue weighted by Crippen LogP contribution is 2.24. The van der Waals surface area contributed by atoms with Gasteiger partial charge in [0.05, 0.1) is 12.0 Å². The van der Waals surface area contributed by atoms with Crippen LogP contribution in [0.15, 0.2) is 0 Å². The van der Waals surface area contributed by atoms with Crippen LogP contribution >= 0.6 is 0 Å². The second kappa shape index (κ2) is 7.59. The molecule has 0 atom stereocenters. The number of carbonyl (C=O) groups excluding carboxylic acids is 1. The average molecular weight is 285 g/mol. The monoisotopic (exact) mass is 285 g/mol. The van der Waals surface area contributed by atoms with Crippen LogP contribution in [0.4, 0.5) is 0 Å². The number of aliphatic carboxylic acids is 1. The molecule has 0 spiro atoms. The third kappa shape index (κ3) is 4.76. The predicted molar refractivity (Wildman–Crippen MR) is 71.3 cm³/mol. The van der Waals surface area contributed by atoms with Crippen LogP contribution in [0.5, 0.6) is 0 Å². The Morgan fingerprint density at radius 1 is 1.10 bits per heavy atom. The molecule has 1 saturated carbocycles. The van der Waals surface area contributed by atoms with Gasteiger partial charge in [0.25, 0.3) is 0 Å². The first-order valence-electron chi connectivity index (χ1n) is 7.36. The maximum atomic E-state index is 11.8. The summed E-state index contributed by atoms with van der Waals surface area (Å²) in [5.41, 5.74) is 0. The van der Waals surface area contributed by atoms with Crippen molar-refractivity contribution in [3.63, 3.8) is 0 Å². The van der Waals surface area contributed by atoms with Gasteiger partial charge in [-0.1, -0.05) is 0 Å². The van der Waals surface area contributed by atoms with Crippen LogP contribution in [-0.2, 0) is 19.1 Å². The maximum Gasteiger partial charge on any atom is 0.306 e. The zero-order valence-electron chi connectivity index (χ0n) is 11.7. The van der Waals surface area contributed by atoms with E-state index in [0.717, 1.165) is 25.7 Å². The van der Waals surface area contributed by atoms with Gasteiger partial charge in [-0.05, 0) is 38.5 Å². The molecule has 0 radical (unpaired) electrons. The lowest BCUT2D eigenvalue weighted by molar-refractivity contribution is -0.142. The van der Waals surface area contributed by atoms with Crippen LogP contribution in [-0.4, -0.2) is 48.9 Å². The van der Waals surface area contributed by atoms with Crippen molar-refractivity contribution in [2.24, 2.45) is 5.92 Å². The number of amides is 1. The van der Waals surface area contributed by atoms with Crippen molar-refractivity contribution in [1.82, 2.24) is 5.32 Å². The molecule has 1 amide bonds. The van der Waals surface area contributed by atoms with Gasteiger partial charge in [0.15, 0.2) is 0 Å². The van der Waals surface area contributed by atoms with E-state index in [2.05, 4.69) is 5.32 Å². The van der Waals surface area contributed by atoms with Crippen LogP contribution in [0.3, 0.4) is 0 Å². The lowest BCUT2D eigenvalue weighted by Gasteiger charge is -2.27. The Bertz CT molecular complexity index is 332. The first kappa shape index (κ1) is 15.3. The highest BCUT2D eigenvalue weighted by atomic mass is 16.5. The first-order chi connectivity index (χ1) is 9.65. The van der Waals surface area contributed by atoms with E-state index in [1.807, 2.05) is 0 Å². The summed E-state index contributed by atoms with van der Waals surface area (Å²) in [5, 5.41) is 11.8. The predicted octanol–water partition coefficient (Wildman–Crippen LogP) is 0.942. The van der Waals surface area contributed by atoms with Crippen molar-refractivity contribution < 1.29 is 24.2 Å². The van der Waals surface area contributed by atoms with Crippen LogP contribution in [0, 0.1) is 5.92 Å². The molecular formula is C14H23NO5. The summed E-state index contributed by atoms with van der Waals surface area (Å²) in [6.07, 6.45) is 4.56. The Morgan fingerprint density at radius 2 is 1.75 bits per heavy atom. The molecule has 0 aromatic heterocycles. The van der Waals surface area contributed by atoms with E-state index in [0.29, 0.717) is 26.1 Å². The largest absolute Gasteiger partial charge is 0.481 e. The lowest BCUT2D eigenvalue weighted by atomic mass is 9.86. The van der Waals surface area contributed by atoms with Gasteiger partial charge >= 0.3 is 5.97 Å². The minimum absolute atomic E-state index is 0.0868. The quantitative estimate of drug-likeness (QED) is 0.785. The summed E-state index contributed by atoms with van der Waals surface area (Å²) in [6, 6.07) is 0.0939. The number of rotatable bonds is 5. The molecule has 1 aliphatic carbocycles. The molecule has 1 heterocycles. The molecule has 1 saturated heterocycles. The Morgan fingerprint density at radius 3 is 2.35 bits per heavy atom. The smallest absolute Gasteiger partial charge is 0.306 e. The molecule has 6 heteroatoms. The van der Waals surface area contributed by atoms with Crippen molar-refractivity contribution >= 4 is 11.9 Å². The van der Waals surface area contributed by atoms with E-state index in [-0.39, 0.29) is 30.6 Å². The Kier molecular flexibility index (Phi) is 5.79. The number of carboxylic acid groups (broad SMARTS) is 1. The molecule has 2 fully saturated rings. The molecule has 6 nitrogen and oxygen atoms in total. The zero-order chi connectivity index (χ0) is 14.4. The number of carbonyl (C=O) groups is 2.